The summed E-state index contributed by atoms with van der Waals surface area (Å²) in [6, 6.07) is -0.181. The molecule has 134 valence electrons. The number of aliphatic carboxylic acids is 1. The number of carbonyl (C=O) groups excluding carboxylic acids is 1. The molecule has 1 N–H and O–H groups in total. The molecule has 6 nitrogen and oxygen atoms in total. The molecule has 0 saturated carbocycles. The topological polar surface area (TPSA) is 76.1 Å². The highest BCUT2D eigenvalue weighted by atomic mass is 16.6. The molecule has 0 bridgehead atoms. The van der Waals surface area contributed by atoms with E-state index in [2.05, 4.69) is 13.8 Å². The molecule has 0 aromatic rings. The molecule has 1 aliphatic heterocycles. The zero-order chi connectivity index (χ0) is 18.0. The van der Waals surface area contributed by atoms with Gasteiger partial charge in [0.05, 0.1) is 12.1 Å². The monoisotopic (exact) mass is 329 g/mol. The Balaban J connectivity index is 3.01. The van der Waals surface area contributed by atoms with Crippen LogP contribution in [-0.4, -0.2) is 45.5 Å². The Hall–Kier alpha value is -1.30. The van der Waals surface area contributed by atoms with Gasteiger partial charge in [0.15, 0.2) is 0 Å². The average molecular weight is 329 g/mol. The van der Waals surface area contributed by atoms with Gasteiger partial charge in [-0.2, -0.15) is 0 Å². The van der Waals surface area contributed by atoms with Gasteiger partial charge in [0, 0.05) is 6.42 Å². The molecule has 0 radical (unpaired) electrons. The van der Waals surface area contributed by atoms with Gasteiger partial charge in [-0.3, -0.25) is 9.69 Å². The number of carbonyl (C=O) groups is 2. The van der Waals surface area contributed by atoms with Crippen LogP contribution in [0.4, 0.5) is 4.79 Å². The Bertz CT molecular complexity index is 439. The minimum atomic E-state index is -0.856. The second kappa shape index (κ2) is 7.07. The summed E-state index contributed by atoms with van der Waals surface area (Å²) >= 11 is 0. The molecular formula is C17H31NO5. The normalized spacial score (nSPS) is 24.1. The SMILES string of the molecule is CC(C)C[C@H]1[C@H](CCC(=O)O)OC(C)(C)N1C(=O)OC(C)(C)C. The van der Waals surface area contributed by atoms with Crippen LogP contribution < -0.4 is 0 Å². The molecule has 0 aromatic carbocycles. The quantitative estimate of drug-likeness (QED) is 0.833. The smallest absolute Gasteiger partial charge is 0.412 e. The number of carboxylic acids is 1. The van der Waals surface area contributed by atoms with E-state index in [1.54, 1.807) is 4.90 Å². The summed E-state index contributed by atoms with van der Waals surface area (Å²) in [5.74, 6) is -0.500. The van der Waals surface area contributed by atoms with E-state index in [0.717, 1.165) is 6.42 Å². The molecule has 23 heavy (non-hydrogen) atoms. The van der Waals surface area contributed by atoms with Crippen molar-refractivity contribution in [3.05, 3.63) is 0 Å². The Labute approximate surface area is 139 Å². The Kier molecular flexibility index (Phi) is 6.07. The summed E-state index contributed by atoms with van der Waals surface area (Å²) in [6.45, 7) is 13.3. The third-order valence-electron chi connectivity index (χ3n) is 3.73. The summed E-state index contributed by atoms with van der Waals surface area (Å²) in [6.07, 6.45) is 0.446. The molecular weight excluding hydrogens is 298 g/mol. The highest BCUT2D eigenvalue weighted by Crippen LogP contribution is 2.38. The zero-order valence-corrected chi connectivity index (χ0v) is 15.4. The first kappa shape index (κ1) is 19.7. The molecule has 1 rings (SSSR count). The fourth-order valence-corrected chi connectivity index (χ4v) is 2.99. The zero-order valence-electron chi connectivity index (χ0n) is 15.4. The van der Waals surface area contributed by atoms with Crippen molar-refractivity contribution in [1.29, 1.82) is 0 Å². The minimum absolute atomic E-state index is 0.0253. The van der Waals surface area contributed by atoms with Gasteiger partial charge < -0.3 is 14.6 Å². The first-order valence-electron chi connectivity index (χ1n) is 8.25. The molecule has 1 amide bonds. The highest BCUT2D eigenvalue weighted by molar-refractivity contribution is 5.70. The van der Waals surface area contributed by atoms with Crippen molar-refractivity contribution in [2.45, 2.75) is 91.2 Å². The van der Waals surface area contributed by atoms with Crippen molar-refractivity contribution in [3.8, 4) is 0 Å². The Morgan fingerprint density at radius 3 is 2.30 bits per heavy atom. The van der Waals surface area contributed by atoms with Gasteiger partial charge in [0.1, 0.15) is 11.3 Å². The lowest BCUT2D eigenvalue weighted by molar-refractivity contribution is -0.138. The molecule has 1 fully saturated rings. The van der Waals surface area contributed by atoms with Gasteiger partial charge in [0.2, 0.25) is 0 Å². The summed E-state index contributed by atoms with van der Waals surface area (Å²) in [5, 5.41) is 8.94. The number of rotatable bonds is 5. The van der Waals surface area contributed by atoms with Crippen molar-refractivity contribution in [2.24, 2.45) is 5.92 Å². The lowest BCUT2D eigenvalue weighted by Crippen LogP contribution is -2.50. The molecule has 6 heteroatoms. The maximum absolute atomic E-state index is 12.7. The average Bonchev–Trinajstić information content (AvgIpc) is 2.54. The molecule has 0 aromatic heterocycles. The van der Waals surface area contributed by atoms with Crippen molar-refractivity contribution in [2.75, 3.05) is 0 Å². The van der Waals surface area contributed by atoms with Crippen LogP contribution in [0, 0.1) is 5.92 Å². The van der Waals surface area contributed by atoms with E-state index in [-0.39, 0.29) is 18.6 Å². The lowest BCUT2D eigenvalue weighted by atomic mass is 9.96. The number of hydrogen-bond donors (Lipinski definition) is 1. The van der Waals surface area contributed by atoms with Crippen molar-refractivity contribution >= 4 is 12.1 Å². The van der Waals surface area contributed by atoms with E-state index in [0.29, 0.717) is 12.3 Å². The standard InChI is InChI=1S/C17H31NO5/c1-11(2)10-12-13(8-9-14(19)20)22-17(6,7)18(12)15(21)23-16(3,4)5/h11-13H,8-10H2,1-7H3,(H,19,20)/t12-,13-/m0/s1. The first-order chi connectivity index (χ1) is 10.3. The van der Waals surface area contributed by atoms with Crippen LogP contribution in [0.5, 0.6) is 0 Å². The van der Waals surface area contributed by atoms with Gasteiger partial charge in [-0.05, 0) is 53.4 Å². The van der Waals surface area contributed by atoms with E-state index in [4.69, 9.17) is 14.6 Å². The molecule has 1 heterocycles. The van der Waals surface area contributed by atoms with Crippen LogP contribution in [-0.2, 0) is 14.3 Å². The van der Waals surface area contributed by atoms with Crippen LogP contribution >= 0.6 is 0 Å². The van der Waals surface area contributed by atoms with E-state index in [1.165, 1.54) is 0 Å². The Morgan fingerprint density at radius 1 is 1.30 bits per heavy atom. The van der Waals surface area contributed by atoms with Crippen LogP contribution in [0.1, 0.15) is 67.7 Å². The number of carboxylic acid groups (broad SMARTS) is 1. The number of nitrogens with zero attached hydrogens (tertiary/aromatic N) is 1. The maximum atomic E-state index is 12.7. The van der Waals surface area contributed by atoms with Gasteiger partial charge in [-0.25, -0.2) is 4.79 Å². The van der Waals surface area contributed by atoms with E-state index in [1.807, 2.05) is 34.6 Å². The second-order valence-electron chi connectivity index (χ2n) is 8.08. The highest BCUT2D eigenvalue weighted by Gasteiger charge is 2.50. The van der Waals surface area contributed by atoms with Crippen LogP contribution in [0.2, 0.25) is 0 Å². The molecule has 0 unspecified atom stereocenters. The number of amides is 1. The lowest BCUT2D eigenvalue weighted by Gasteiger charge is -2.35. The van der Waals surface area contributed by atoms with Crippen molar-refractivity contribution in [1.82, 2.24) is 4.90 Å². The van der Waals surface area contributed by atoms with E-state index >= 15 is 0 Å². The number of ether oxygens (including phenoxy) is 2. The summed E-state index contributed by atoms with van der Waals surface area (Å²) in [4.78, 5) is 25.2. The summed E-state index contributed by atoms with van der Waals surface area (Å²) in [7, 11) is 0. The third-order valence-corrected chi connectivity index (χ3v) is 3.73. The van der Waals surface area contributed by atoms with Crippen LogP contribution in [0.3, 0.4) is 0 Å². The fourth-order valence-electron chi connectivity index (χ4n) is 2.99. The minimum Gasteiger partial charge on any atom is -0.481 e. The molecule has 0 spiro atoms. The van der Waals surface area contributed by atoms with E-state index in [9.17, 15) is 9.59 Å². The summed E-state index contributed by atoms with van der Waals surface area (Å²) < 4.78 is 11.6. The maximum Gasteiger partial charge on any atom is 0.412 e. The van der Waals surface area contributed by atoms with E-state index < -0.39 is 23.4 Å². The number of hydrogen-bond acceptors (Lipinski definition) is 4. The largest absolute Gasteiger partial charge is 0.481 e. The van der Waals surface area contributed by atoms with Crippen molar-refractivity contribution < 1.29 is 24.2 Å². The molecule has 0 aliphatic carbocycles. The second-order valence-corrected chi connectivity index (χ2v) is 8.08. The van der Waals surface area contributed by atoms with Gasteiger partial charge >= 0.3 is 12.1 Å². The Morgan fingerprint density at radius 2 is 1.87 bits per heavy atom. The molecule has 2 atom stereocenters. The van der Waals surface area contributed by atoms with Crippen LogP contribution in [0.25, 0.3) is 0 Å². The molecule has 1 aliphatic rings. The molecule has 1 saturated heterocycles. The van der Waals surface area contributed by atoms with Crippen molar-refractivity contribution in [3.63, 3.8) is 0 Å². The first-order valence-corrected chi connectivity index (χ1v) is 8.25. The van der Waals surface area contributed by atoms with Gasteiger partial charge in [-0.15, -0.1) is 0 Å². The predicted octanol–water partition coefficient (Wildman–Crippen LogP) is 3.64. The third kappa shape index (κ3) is 5.68. The van der Waals surface area contributed by atoms with Crippen LogP contribution in [0.15, 0.2) is 0 Å². The summed E-state index contributed by atoms with van der Waals surface area (Å²) in [5.41, 5.74) is -1.40. The fraction of sp³-hybridized carbons (Fsp3) is 0.882. The predicted molar refractivity (Wildman–Crippen MR) is 87.1 cm³/mol. The van der Waals surface area contributed by atoms with Gasteiger partial charge in [-0.1, -0.05) is 13.8 Å². The van der Waals surface area contributed by atoms with Gasteiger partial charge in [0.25, 0.3) is 0 Å².